The van der Waals surface area contributed by atoms with Crippen LogP contribution in [-0.4, -0.2) is 37.7 Å². The van der Waals surface area contributed by atoms with Crippen molar-refractivity contribution in [2.24, 2.45) is 7.05 Å². The van der Waals surface area contributed by atoms with Gasteiger partial charge in [0.2, 0.25) is 0 Å². The van der Waals surface area contributed by atoms with E-state index in [1.807, 2.05) is 11.6 Å². The first-order valence-electron chi connectivity index (χ1n) is 7.73. The van der Waals surface area contributed by atoms with E-state index < -0.39 is 0 Å². The van der Waals surface area contributed by atoms with Crippen molar-refractivity contribution in [3.63, 3.8) is 0 Å². The van der Waals surface area contributed by atoms with Gasteiger partial charge in [-0.3, -0.25) is 4.90 Å². The number of hydrogen-bond acceptors (Lipinski definition) is 3. The van der Waals surface area contributed by atoms with Crippen molar-refractivity contribution < 1.29 is 0 Å². The van der Waals surface area contributed by atoms with Gasteiger partial charge in [-0.25, -0.2) is 0 Å². The third-order valence-electron chi connectivity index (χ3n) is 4.45. The normalized spacial score (nSPS) is 13.1. The van der Waals surface area contributed by atoms with Gasteiger partial charge in [-0.05, 0) is 38.4 Å². The van der Waals surface area contributed by atoms with Gasteiger partial charge in [-0.2, -0.15) is 0 Å². The molecular formula is C17H23N5. The van der Waals surface area contributed by atoms with Gasteiger partial charge < -0.3 is 9.55 Å². The number of aryl methyl sites for hydroxylation is 2. The Hall–Kier alpha value is -2.14. The fourth-order valence-electron chi connectivity index (χ4n) is 2.75. The molecule has 0 radical (unpaired) electrons. The number of H-pyrrole nitrogens is 1. The van der Waals surface area contributed by atoms with Gasteiger partial charge in [0, 0.05) is 30.2 Å². The molecule has 2 heterocycles. The Bertz CT molecular complexity index is 742. The highest BCUT2D eigenvalue weighted by Crippen LogP contribution is 2.20. The lowest BCUT2D eigenvalue weighted by Gasteiger charge is -2.24. The van der Waals surface area contributed by atoms with Crippen molar-refractivity contribution in [3.05, 3.63) is 48.2 Å². The molecule has 5 heteroatoms. The minimum Gasteiger partial charge on any atom is -0.361 e. The zero-order chi connectivity index (χ0) is 15.5. The highest BCUT2D eigenvalue weighted by Gasteiger charge is 2.13. The molecule has 3 aromatic rings. The first-order chi connectivity index (χ1) is 10.6. The second kappa shape index (κ2) is 6.32. The summed E-state index contributed by atoms with van der Waals surface area (Å²) in [5, 5.41) is 9.43. The second-order valence-corrected chi connectivity index (χ2v) is 6.02. The van der Waals surface area contributed by atoms with Crippen molar-refractivity contribution in [1.29, 1.82) is 0 Å². The molecule has 0 saturated carbocycles. The molecule has 0 bridgehead atoms. The van der Waals surface area contributed by atoms with Gasteiger partial charge in [0.25, 0.3) is 0 Å². The monoisotopic (exact) mass is 297 g/mol. The van der Waals surface area contributed by atoms with Gasteiger partial charge in [0.05, 0.1) is 6.54 Å². The Morgan fingerprint density at radius 3 is 2.91 bits per heavy atom. The van der Waals surface area contributed by atoms with Gasteiger partial charge in [-0.15, -0.1) is 10.2 Å². The van der Waals surface area contributed by atoms with Gasteiger partial charge in [0.1, 0.15) is 12.2 Å². The standard InChI is InChI=1S/C17H23N5/c1-13(21(2)11-17-20-19-12-22(17)3)8-9-14-10-18-16-7-5-4-6-15(14)16/h4-7,10,12-13,18H,8-9,11H2,1-3H3/t13-/m0/s1. The third-order valence-corrected chi connectivity index (χ3v) is 4.45. The summed E-state index contributed by atoms with van der Waals surface area (Å²) in [4.78, 5) is 5.68. The average molecular weight is 297 g/mol. The molecule has 1 atom stereocenters. The summed E-state index contributed by atoms with van der Waals surface area (Å²) in [6, 6.07) is 8.98. The maximum absolute atomic E-state index is 4.16. The van der Waals surface area contributed by atoms with E-state index in [0.29, 0.717) is 6.04 Å². The van der Waals surface area contributed by atoms with E-state index in [1.54, 1.807) is 6.33 Å². The Balaban J connectivity index is 1.60. The SMILES string of the molecule is C[C@@H](CCc1c[nH]c2ccccc12)N(C)Cc1nncn1C. The number of aromatic amines is 1. The Kier molecular flexibility index (Phi) is 4.24. The molecular weight excluding hydrogens is 274 g/mol. The molecule has 116 valence electrons. The van der Waals surface area contributed by atoms with Crippen molar-refractivity contribution in [1.82, 2.24) is 24.6 Å². The lowest BCUT2D eigenvalue weighted by molar-refractivity contribution is 0.230. The molecule has 5 nitrogen and oxygen atoms in total. The van der Waals surface area contributed by atoms with Crippen LogP contribution in [-0.2, 0) is 20.0 Å². The number of hydrogen-bond donors (Lipinski definition) is 1. The summed E-state index contributed by atoms with van der Waals surface area (Å²) in [5.74, 6) is 1.00. The molecule has 1 aromatic carbocycles. The molecule has 0 aliphatic carbocycles. The molecule has 0 spiro atoms. The number of fused-ring (bicyclic) bond motifs is 1. The van der Waals surface area contributed by atoms with Crippen LogP contribution in [0.1, 0.15) is 24.7 Å². The van der Waals surface area contributed by atoms with E-state index in [9.17, 15) is 0 Å². The fourth-order valence-corrected chi connectivity index (χ4v) is 2.75. The first kappa shape index (κ1) is 14.8. The molecule has 0 unspecified atom stereocenters. The van der Waals surface area contributed by atoms with Crippen LogP contribution in [0, 0.1) is 0 Å². The molecule has 1 N–H and O–H groups in total. The van der Waals surface area contributed by atoms with E-state index in [1.165, 1.54) is 16.5 Å². The summed E-state index contributed by atoms with van der Waals surface area (Å²) in [5.41, 5.74) is 2.62. The molecule has 0 aliphatic heterocycles. The van der Waals surface area contributed by atoms with E-state index in [2.05, 4.69) is 64.5 Å². The molecule has 2 aromatic heterocycles. The molecule has 0 saturated heterocycles. The topological polar surface area (TPSA) is 49.7 Å². The van der Waals surface area contributed by atoms with E-state index >= 15 is 0 Å². The largest absolute Gasteiger partial charge is 0.361 e. The highest BCUT2D eigenvalue weighted by molar-refractivity contribution is 5.82. The fraction of sp³-hybridized carbons (Fsp3) is 0.412. The van der Waals surface area contributed by atoms with Crippen LogP contribution in [0.4, 0.5) is 0 Å². The minimum atomic E-state index is 0.491. The lowest BCUT2D eigenvalue weighted by atomic mass is 10.0. The van der Waals surface area contributed by atoms with Crippen molar-refractivity contribution in [3.8, 4) is 0 Å². The predicted molar refractivity (Wildman–Crippen MR) is 88.6 cm³/mol. The molecule has 0 amide bonds. The van der Waals surface area contributed by atoms with Crippen LogP contribution >= 0.6 is 0 Å². The minimum absolute atomic E-state index is 0.491. The van der Waals surface area contributed by atoms with Crippen molar-refractivity contribution in [2.45, 2.75) is 32.4 Å². The van der Waals surface area contributed by atoms with E-state index in [4.69, 9.17) is 0 Å². The maximum Gasteiger partial charge on any atom is 0.146 e. The predicted octanol–water partition coefficient (Wildman–Crippen LogP) is 2.75. The van der Waals surface area contributed by atoms with Crippen LogP contribution in [0.2, 0.25) is 0 Å². The van der Waals surface area contributed by atoms with Crippen molar-refractivity contribution in [2.75, 3.05) is 7.05 Å². The van der Waals surface area contributed by atoms with E-state index in [0.717, 1.165) is 25.2 Å². The van der Waals surface area contributed by atoms with Crippen LogP contribution < -0.4 is 0 Å². The quantitative estimate of drug-likeness (QED) is 0.761. The smallest absolute Gasteiger partial charge is 0.146 e. The summed E-state index contributed by atoms with van der Waals surface area (Å²) in [6.45, 7) is 3.09. The number of para-hydroxylation sites is 1. The Labute approximate surface area is 131 Å². The number of rotatable bonds is 6. The summed E-state index contributed by atoms with van der Waals surface area (Å²) >= 11 is 0. The maximum atomic E-state index is 4.16. The Morgan fingerprint density at radius 1 is 1.32 bits per heavy atom. The first-order valence-corrected chi connectivity index (χ1v) is 7.73. The average Bonchev–Trinajstić information content (AvgIpc) is 3.11. The number of aromatic nitrogens is 4. The van der Waals surface area contributed by atoms with Crippen LogP contribution in [0.5, 0.6) is 0 Å². The van der Waals surface area contributed by atoms with Gasteiger partial charge in [0.15, 0.2) is 0 Å². The second-order valence-electron chi connectivity index (χ2n) is 6.02. The highest BCUT2D eigenvalue weighted by atomic mass is 15.3. The van der Waals surface area contributed by atoms with E-state index in [-0.39, 0.29) is 0 Å². The summed E-state index contributed by atoms with van der Waals surface area (Å²) in [7, 11) is 4.13. The van der Waals surface area contributed by atoms with Crippen molar-refractivity contribution >= 4 is 10.9 Å². The van der Waals surface area contributed by atoms with Gasteiger partial charge >= 0.3 is 0 Å². The van der Waals surface area contributed by atoms with Crippen LogP contribution in [0.25, 0.3) is 10.9 Å². The molecule has 3 rings (SSSR count). The zero-order valence-electron chi connectivity index (χ0n) is 13.5. The number of benzene rings is 1. The molecule has 0 aliphatic rings. The Morgan fingerprint density at radius 2 is 2.14 bits per heavy atom. The zero-order valence-corrected chi connectivity index (χ0v) is 13.5. The molecule has 0 fully saturated rings. The third kappa shape index (κ3) is 3.04. The summed E-state index contributed by atoms with van der Waals surface area (Å²) in [6.07, 6.45) is 6.09. The van der Waals surface area contributed by atoms with Crippen LogP contribution in [0.3, 0.4) is 0 Å². The number of nitrogens with zero attached hydrogens (tertiary/aromatic N) is 4. The molecule has 22 heavy (non-hydrogen) atoms. The number of nitrogens with one attached hydrogen (secondary N) is 1. The lowest BCUT2D eigenvalue weighted by Crippen LogP contribution is -2.30. The van der Waals surface area contributed by atoms with Gasteiger partial charge in [-0.1, -0.05) is 18.2 Å². The van der Waals surface area contributed by atoms with Crippen LogP contribution in [0.15, 0.2) is 36.8 Å². The summed E-state index contributed by atoms with van der Waals surface area (Å²) < 4.78 is 1.98.